The van der Waals surface area contributed by atoms with Crippen molar-refractivity contribution in [2.24, 2.45) is 7.05 Å². The van der Waals surface area contributed by atoms with Crippen molar-refractivity contribution < 1.29 is 9.30 Å². The molecule has 0 saturated carbocycles. The second-order valence-corrected chi connectivity index (χ2v) is 14.8. The van der Waals surface area contributed by atoms with E-state index in [1.807, 2.05) is 11.3 Å². The molecule has 0 aliphatic carbocycles. The lowest BCUT2D eigenvalue weighted by atomic mass is 9.93. The predicted molar refractivity (Wildman–Crippen MR) is 114 cm³/mol. The summed E-state index contributed by atoms with van der Waals surface area (Å²) in [4.78, 5) is 0. The molecule has 26 heavy (non-hydrogen) atoms. The molecule has 0 spiro atoms. The molecule has 0 saturated heterocycles. The van der Waals surface area contributed by atoms with E-state index in [4.69, 9.17) is 4.74 Å². The van der Waals surface area contributed by atoms with Gasteiger partial charge in [-0.25, -0.2) is 0 Å². The van der Waals surface area contributed by atoms with Crippen LogP contribution in [0.5, 0.6) is 11.5 Å². The van der Waals surface area contributed by atoms with E-state index in [0.29, 0.717) is 0 Å². The number of hydrogen-bond acceptors (Lipinski definition) is 2. The summed E-state index contributed by atoms with van der Waals surface area (Å²) >= 11 is 1.93. The van der Waals surface area contributed by atoms with Gasteiger partial charge < -0.3 is 4.74 Å². The normalized spacial score (nSPS) is 13.1. The Bertz CT molecular complexity index is 1220. The van der Waals surface area contributed by atoms with Gasteiger partial charge in [-0.05, 0) is 34.5 Å². The largest absolute Gasteiger partial charge is 0.449 e. The minimum atomic E-state index is -1.36. The summed E-state index contributed by atoms with van der Waals surface area (Å²) in [6, 6.07) is 13.2. The molecule has 4 heteroatoms. The van der Waals surface area contributed by atoms with Crippen molar-refractivity contribution in [2.45, 2.75) is 26.6 Å². The Labute approximate surface area is 158 Å². The molecule has 130 valence electrons. The highest BCUT2D eigenvalue weighted by Crippen LogP contribution is 2.49. The first-order chi connectivity index (χ1) is 12.3. The smallest absolute Gasteiger partial charge is 0.257 e. The number of benzene rings is 2. The molecule has 3 heterocycles. The molecular formula is C22H22NOSSi+. The van der Waals surface area contributed by atoms with Gasteiger partial charge in [0.15, 0.2) is 6.20 Å². The van der Waals surface area contributed by atoms with Crippen molar-refractivity contribution >= 4 is 44.8 Å². The molecular weight excluding hydrogens is 354 g/mol. The van der Waals surface area contributed by atoms with Crippen LogP contribution in [-0.4, -0.2) is 8.07 Å². The van der Waals surface area contributed by atoms with E-state index in [9.17, 15) is 0 Å². The van der Waals surface area contributed by atoms with Crippen LogP contribution in [-0.2, 0) is 7.05 Å². The second-order valence-electron chi connectivity index (χ2n) is 8.27. The fourth-order valence-electron chi connectivity index (χ4n) is 3.92. The fourth-order valence-corrected chi connectivity index (χ4v) is 6.94. The van der Waals surface area contributed by atoms with Crippen molar-refractivity contribution in [3.8, 4) is 22.8 Å². The average Bonchev–Trinajstić information content (AvgIpc) is 3.02. The van der Waals surface area contributed by atoms with Crippen molar-refractivity contribution in [3.05, 3.63) is 48.2 Å². The molecule has 1 aliphatic rings. The number of aromatic nitrogens is 1. The van der Waals surface area contributed by atoms with E-state index >= 15 is 0 Å². The van der Waals surface area contributed by atoms with Gasteiger partial charge in [-0.3, -0.25) is 0 Å². The van der Waals surface area contributed by atoms with Crippen LogP contribution < -0.4 is 13.8 Å². The number of fused-ring (bicyclic) bond motifs is 4. The Morgan fingerprint density at radius 3 is 2.65 bits per heavy atom. The summed E-state index contributed by atoms with van der Waals surface area (Å²) in [5, 5.41) is 3.73. The van der Waals surface area contributed by atoms with E-state index in [2.05, 4.69) is 80.8 Å². The zero-order chi connectivity index (χ0) is 18.2. The minimum Gasteiger partial charge on any atom is -0.449 e. The molecule has 0 atom stereocenters. The van der Waals surface area contributed by atoms with Gasteiger partial charge in [0, 0.05) is 10.8 Å². The number of nitrogens with zero attached hydrogens (tertiary/aromatic N) is 1. The highest BCUT2D eigenvalue weighted by molar-refractivity contribution is 7.31. The summed E-state index contributed by atoms with van der Waals surface area (Å²) in [6.45, 7) is 9.42. The van der Waals surface area contributed by atoms with Crippen LogP contribution in [0.25, 0.3) is 32.1 Å². The lowest BCUT2D eigenvalue weighted by molar-refractivity contribution is -0.659. The van der Waals surface area contributed by atoms with Gasteiger partial charge in [0.05, 0.1) is 13.6 Å². The lowest BCUT2D eigenvalue weighted by Gasteiger charge is -2.21. The zero-order valence-electron chi connectivity index (χ0n) is 15.8. The number of hydrogen-bond donors (Lipinski definition) is 0. The SMILES string of the molecule is Cc1ccc2cccc3c2c1-c1c(c2cc([Si](C)(C)C)sc2c[n+]1C)O3. The molecule has 0 bridgehead atoms. The van der Waals surface area contributed by atoms with Crippen LogP contribution in [0, 0.1) is 6.92 Å². The van der Waals surface area contributed by atoms with E-state index in [1.54, 1.807) is 0 Å². The van der Waals surface area contributed by atoms with Crippen LogP contribution in [0.15, 0.2) is 42.6 Å². The maximum absolute atomic E-state index is 6.53. The Morgan fingerprint density at radius 1 is 1.08 bits per heavy atom. The molecule has 0 fully saturated rings. The maximum atomic E-state index is 6.53. The zero-order valence-corrected chi connectivity index (χ0v) is 17.6. The Hall–Kier alpha value is -2.17. The maximum Gasteiger partial charge on any atom is 0.257 e. The number of ether oxygens (including phenoxy) is 1. The lowest BCUT2D eigenvalue weighted by Crippen LogP contribution is -2.34. The van der Waals surface area contributed by atoms with Crippen LogP contribution in [0.3, 0.4) is 0 Å². The first-order valence-electron chi connectivity index (χ1n) is 9.02. The Kier molecular flexibility index (Phi) is 3.19. The highest BCUT2D eigenvalue weighted by atomic mass is 32.1. The summed E-state index contributed by atoms with van der Waals surface area (Å²) in [5.41, 5.74) is 3.80. The number of rotatable bonds is 1. The average molecular weight is 377 g/mol. The first-order valence-corrected chi connectivity index (χ1v) is 13.3. The molecule has 4 aromatic rings. The molecule has 1 aliphatic heterocycles. The first kappa shape index (κ1) is 16.0. The van der Waals surface area contributed by atoms with E-state index in [-0.39, 0.29) is 0 Å². The topological polar surface area (TPSA) is 13.1 Å². The summed E-state index contributed by atoms with van der Waals surface area (Å²) in [7, 11) is 0.784. The molecule has 2 aromatic heterocycles. The van der Waals surface area contributed by atoms with E-state index in [0.717, 1.165) is 11.5 Å². The molecule has 0 N–H and O–H groups in total. The third kappa shape index (κ3) is 2.12. The summed E-state index contributed by atoms with van der Waals surface area (Å²) in [5.74, 6) is 1.99. The summed E-state index contributed by atoms with van der Waals surface area (Å²) < 4.78 is 11.6. The molecule has 0 radical (unpaired) electrons. The van der Waals surface area contributed by atoms with Crippen LogP contribution in [0.2, 0.25) is 19.6 Å². The molecule has 0 amide bonds. The van der Waals surface area contributed by atoms with Crippen molar-refractivity contribution in [3.63, 3.8) is 0 Å². The standard InChI is InChI=1S/C22H22NOSSi/c1-13-9-10-14-7-6-8-16-20(14)19(13)21-22(24-16)15-11-18(26(3,4)5)25-17(15)12-23(21)2/h6-12H,1-5H3/q+1. The van der Waals surface area contributed by atoms with Gasteiger partial charge in [-0.15, -0.1) is 11.3 Å². The minimum absolute atomic E-state index is 0.974. The molecule has 2 aromatic carbocycles. The van der Waals surface area contributed by atoms with Gasteiger partial charge in [0.25, 0.3) is 5.69 Å². The Morgan fingerprint density at radius 2 is 1.88 bits per heavy atom. The van der Waals surface area contributed by atoms with Gasteiger partial charge in [-0.1, -0.05) is 43.9 Å². The van der Waals surface area contributed by atoms with E-state index < -0.39 is 8.07 Å². The van der Waals surface area contributed by atoms with Crippen LogP contribution in [0.1, 0.15) is 5.56 Å². The van der Waals surface area contributed by atoms with Crippen molar-refractivity contribution in [1.29, 1.82) is 0 Å². The number of thiophene rings is 1. The molecule has 5 rings (SSSR count). The van der Waals surface area contributed by atoms with Crippen molar-refractivity contribution in [1.82, 2.24) is 0 Å². The van der Waals surface area contributed by atoms with E-state index in [1.165, 1.54) is 42.2 Å². The third-order valence-electron chi connectivity index (χ3n) is 5.29. The second kappa shape index (κ2) is 5.18. The van der Waals surface area contributed by atoms with Crippen molar-refractivity contribution in [2.75, 3.05) is 0 Å². The highest BCUT2D eigenvalue weighted by Gasteiger charge is 2.32. The third-order valence-corrected chi connectivity index (χ3v) is 9.94. The van der Waals surface area contributed by atoms with Gasteiger partial charge in [0.2, 0.25) is 5.75 Å². The van der Waals surface area contributed by atoms with Crippen LogP contribution >= 0.6 is 11.3 Å². The van der Waals surface area contributed by atoms with Gasteiger partial charge >= 0.3 is 0 Å². The quantitative estimate of drug-likeness (QED) is 0.278. The number of pyridine rings is 1. The van der Waals surface area contributed by atoms with Gasteiger partial charge in [-0.2, -0.15) is 4.57 Å². The predicted octanol–water partition coefficient (Wildman–Crippen LogP) is 5.51. The molecule has 2 nitrogen and oxygen atoms in total. The Balaban J connectivity index is 1.94. The number of aryl methyl sites for hydroxylation is 2. The fraction of sp³-hybridized carbons (Fsp3) is 0.227. The van der Waals surface area contributed by atoms with Crippen LogP contribution in [0.4, 0.5) is 0 Å². The monoisotopic (exact) mass is 376 g/mol. The van der Waals surface area contributed by atoms with Gasteiger partial charge in [0.1, 0.15) is 17.5 Å². The summed E-state index contributed by atoms with van der Waals surface area (Å²) in [6.07, 6.45) is 2.28. The molecule has 0 unspecified atom stereocenters.